The van der Waals surface area contributed by atoms with Gasteiger partial charge < -0.3 is 4.74 Å². The fourth-order valence-corrected chi connectivity index (χ4v) is 2.34. The molecule has 2 aromatic rings. The predicted molar refractivity (Wildman–Crippen MR) is 65.1 cm³/mol. The Morgan fingerprint density at radius 3 is 2.47 bits per heavy atom. The molecule has 0 saturated carbocycles. The van der Waals surface area contributed by atoms with E-state index in [1.54, 1.807) is 25.3 Å². The number of methoxy groups -OCH3 is 1. The summed E-state index contributed by atoms with van der Waals surface area (Å²) >= 11 is 0. The summed E-state index contributed by atoms with van der Waals surface area (Å²) < 4.78 is 36.2. The Kier molecular flexibility index (Phi) is 2.81. The third-order valence-electron chi connectivity index (χ3n) is 2.73. The van der Waals surface area contributed by atoms with Crippen LogP contribution < -0.4 is 4.74 Å². The van der Waals surface area contributed by atoms with Crippen LogP contribution in [-0.4, -0.2) is 20.1 Å². The molecule has 0 saturated heterocycles. The number of ether oxygens (including phenoxy) is 1. The number of hydrogen-bond acceptors (Lipinski definition) is 3. The van der Waals surface area contributed by atoms with Crippen molar-refractivity contribution < 1.29 is 17.7 Å². The molecule has 0 amide bonds. The van der Waals surface area contributed by atoms with Gasteiger partial charge in [0.25, 0.3) is 10.1 Å². The molecule has 0 aromatic heterocycles. The first-order chi connectivity index (χ1) is 7.93. The number of fused-ring (bicyclic) bond motifs is 1. The van der Waals surface area contributed by atoms with E-state index in [1.807, 2.05) is 6.92 Å². The largest absolute Gasteiger partial charge is 0.496 e. The summed E-state index contributed by atoms with van der Waals surface area (Å²) in [7, 11) is -2.57. The molecule has 0 fully saturated rings. The molecular weight excluding hydrogens is 240 g/mol. The zero-order valence-electron chi connectivity index (χ0n) is 9.47. The Hall–Kier alpha value is -1.59. The topological polar surface area (TPSA) is 63.6 Å². The molecule has 0 aliphatic heterocycles. The van der Waals surface area contributed by atoms with Gasteiger partial charge in [0, 0.05) is 0 Å². The number of hydrogen-bond donors (Lipinski definition) is 1. The van der Waals surface area contributed by atoms with E-state index in [-0.39, 0.29) is 4.90 Å². The van der Waals surface area contributed by atoms with Crippen LogP contribution in [0.1, 0.15) is 5.56 Å². The molecule has 1 N–H and O–H groups in total. The summed E-state index contributed by atoms with van der Waals surface area (Å²) in [5.74, 6) is 0.747. The van der Waals surface area contributed by atoms with Gasteiger partial charge in [0.2, 0.25) is 0 Å². The third kappa shape index (κ3) is 2.11. The fourth-order valence-electron chi connectivity index (χ4n) is 1.82. The highest BCUT2D eigenvalue weighted by Crippen LogP contribution is 2.28. The maximum absolute atomic E-state index is 11.0. The maximum Gasteiger partial charge on any atom is 0.294 e. The minimum atomic E-state index is -4.15. The Labute approximate surface area is 99.6 Å². The molecule has 0 aliphatic rings. The van der Waals surface area contributed by atoms with Gasteiger partial charge in [0.15, 0.2) is 0 Å². The smallest absolute Gasteiger partial charge is 0.294 e. The lowest BCUT2D eigenvalue weighted by Crippen LogP contribution is -1.98. The first kappa shape index (κ1) is 11.9. The SMILES string of the molecule is COc1ccc2cc(S(=O)(=O)O)ccc2c1C. The van der Waals surface area contributed by atoms with Crippen molar-refractivity contribution in [3.63, 3.8) is 0 Å². The molecule has 2 rings (SSSR count). The zero-order chi connectivity index (χ0) is 12.6. The Morgan fingerprint density at radius 1 is 1.18 bits per heavy atom. The van der Waals surface area contributed by atoms with Crippen molar-refractivity contribution in [2.45, 2.75) is 11.8 Å². The van der Waals surface area contributed by atoms with E-state index in [0.29, 0.717) is 0 Å². The van der Waals surface area contributed by atoms with E-state index >= 15 is 0 Å². The zero-order valence-corrected chi connectivity index (χ0v) is 10.3. The average molecular weight is 252 g/mol. The van der Waals surface area contributed by atoms with Crippen molar-refractivity contribution in [2.75, 3.05) is 7.11 Å². The van der Waals surface area contributed by atoms with Gasteiger partial charge in [-0.2, -0.15) is 8.42 Å². The molecule has 0 unspecified atom stereocenters. The van der Waals surface area contributed by atoms with Crippen LogP contribution in [0.15, 0.2) is 35.2 Å². The van der Waals surface area contributed by atoms with Gasteiger partial charge in [0.1, 0.15) is 5.75 Å². The van der Waals surface area contributed by atoms with Crippen LogP contribution in [-0.2, 0) is 10.1 Å². The molecular formula is C12H12O4S. The van der Waals surface area contributed by atoms with E-state index in [2.05, 4.69) is 0 Å². The second kappa shape index (κ2) is 4.01. The highest BCUT2D eigenvalue weighted by molar-refractivity contribution is 7.85. The molecule has 0 heterocycles. The highest BCUT2D eigenvalue weighted by atomic mass is 32.2. The lowest BCUT2D eigenvalue weighted by atomic mass is 10.0. The van der Waals surface area contributed by atoms with Crippen LogP contribution in [0.2, 0.25) is 0 Å². The van der Waals surface area contributed by atoms with E-state index < -0.39 is 10.1 Å². The van der Waals surface area contributed by atoms with Gasteiger partial charge in [-0.3, -0.25) is 4.55 Å². The van der Waals surface area contributed by atoms with E-state index in [0.717, 1.165) is 22.1 Å². The van der Waals surface area contributed by atoms with Crippen molar-refractivity contribution in [3.8, 4) is 5.75 Å². The summed E-state index contributed by atoms with van der Waals surface area (Å²) in [4.78, 5) is -0.102. The molecule has 17 heavy (non-hydrogen) atoms. The van der Waals surface area contributed by atoms with Crippen LogP contribution >= 0.6 is 0 Å². The fraction of sp³-hybridized carbons (Fsp3) is 0.167. The second-order valence-electron chi connectivity index (χ2n) is 3.75. The molecule has 0 atom stereocenters. The van der Waals surface area contributed by atoms with Crippen molar-refractivity contribution in [1.29, 1.82) is 0 Å². The van der Waals surface area contributed by atoms with Gasteiger partial charge in [-0.25, -0.2) is 0 Å². The van der Waals surface area contributed by atoms with Crippen LogP contribution in [0.5, 0.6) is 5.75 Å². The maximum atomic E-state index is 11.0. The standard InChI is InChI=1S/C12H12O4S/c1-8-11-5-4-10(17(13,14)15)7-9(11)3-6-12(8)16-2/h3-7H,1-2H3,(H,13,14,15). The Morgan fingerprint density at radius 2 is 1.88 bits per heavy atom. The molecule has 0 bridgehead atoms. The van der Waals surface area contributed by atoms with Crippen LogP contribution in [0.4, 0.5) is 0 Å². The third-order valence-corrected chi connectivity index (χ3v) is 3.58. The Bertz CT molecular complexity index is 674. The summed E-state index contributed by atoms with van der Waals surface area (Å²) in [5, 5.41) is 1.65. The minimum absolute atomic E-state index is 0.102. The van der Waals surface area contributed by atoms with Crippen molar-refractivity contribution in [2.24, 2.45) is 0 Å². The van der Waals surface area contributed by atoms with Gasteiger partial charge in [-0.1, -0.05) is 12.1 Å². The quantitative estimate of drug-likeness (QED) is 0.834. The molecule has 90 valence electrons. The lowest BCUT2D eigenvalue weighted by Gasteiger charge is -2.08. The molecule has 5 heteroatoms. The molecule has 0 radical (unpaired) electrons. The van der Waals surface area contributed by atoms with E-state index in [9.17, 15) is 8.42 Å². The molecule has 4 nitrogen and oxygen atoms in total. The van der Waals surface area contributed by atoms with Crippen molar-refractivity contribution in [1.82, 2.24) is 0 Å². The summed E-state index contributed by atoms with van der Waals surface area (Å²) in [6, 6.07) is 8.01. The summed E-state index contributed by atoms with van der Waals surface area (Å²) in [6.07, 6.45) is 0. The van der Waals surface area contributed by atoms with Crippen LogP contribution in [0, 0.1) is 6.92 Å². The lowest BCUT2D eigenvalue weighted by molar-refractivity contribution is 0.412. The number of aryl methyl sites for hydroxylation is 1. The van der Waals surface area contributed by atoms with E-state index in [4.69, 9.17) is 9.29 Å². The van der Waals surface area contributed by atoms with Gasteiger partial charge in [-0.05, 0) is 41.5 Å². The molecule has 2 aromatic carbocycles. The van der Waals surface area contributed by atoms with Crippen LogP contribution in [0.3, 0.4) is 0 Å². The van der Waals surface area contributed by atoms with Gasteiger partial charge >= 0.3 is 0 Å². The average Bonchev–Trinajstić information content (AvgIpc) is 2.28. The summed E-state index contributed by atoms with van der Waals surface area (Å²) in [6.45, 7) is 1.90. The highest BCUT2D eigenvalue weighted by Gasteiger charge is 2.11. The second-order valence-corrected chi connectivity index (χ2v) is 5.17. The van der Waals surface area contributed by atoms with Gasteiger partial charge in [-0.15, -0.1) is 0 Å². The van der Waals surface area contributed by atoms with Crippen molar-refractivity contribution in [3.05, 3.63) is 35.9 Å². The first-order valence-corrected chi connectivity index (χ1v) is 6.42. The van der Waals surface area contributed by atoms with Gasteiger partial charge in [0.05, 0.1) is 12.0 Å². The molecule has 0 aliphatic carbocycles. The van der Waals surface area contributed by atoms with Crippen molar-refractivity contribution >= 4 is 20.9 Å². The van der Waals surface area contributed by atoms with E-state index in [1.165, 1.54) is 12.1 Å². The van der Waals surface area contributed by atoms with Crippen LogP contribution in [0.25, 0.3) is 10.8 Å². The number of rotatable bonds is 2. The monoisotopic (exact) mass is 252 g/mol. The summed E-state index contributed by atoms with van der Waals surface area (Å²) in [5.41, 5.74) is 0.937. The molecule has 0 spiro atoms. The normalized spacial score (nSPS) is 11.7. The minimum Gasteiger partial charge on any atom is -0.496 e. The predicted octanol–water partition coefficient (Wildman–Crippen LogP) is 2.40. The Balaban J connectivity index is 2.74. The first-order valence-electron chi connectivity index (χ1n) is 4.98. The number of benzene rings is 2.